The number of hydrogen-bond acceptors (Lipinski definition) is 3. The quantitative estimate of drug-likeness (QED) is 0.846. The molecule has 0 aliphatic carbocycles. The van der Waals surface area contributed by atoms with Crippen molar-refractivity contribution in [2.75, 3.05) is 5.73 Å². The van der Waals surface area contributed by atoms with Crippen LogP contribution in [0.25, 0.3) is 0 Å². The first-order valence-electron chi connectivity index (χ1n) is 6.93. The van der Waals surface area contributed by atoms with Gasteiger partial charge in [0.05, 0.1) is 0 Å². The molecule has 0 saturated carbocycles. The molecule has 1 aliphatic rings. The van der Waals surface area contributed by atoms with E-state index in [1.165, 1.54) is 28.8 Å². The van der Waals surface area contributed by atoms with E-state index in [2.05, 4.69) is 41.5 Å². The highest BCUT2D eigenvalue weighted by molar-refractivity contribution is 7.10. The van der Waals surface area contributed by atoms with Crippen LogP contribution in [0.3, 0.4) is 0 Å². The standard InChI is InChI=1S/C16H20N2S/c1-2-5-15(16-8-4-9-19-16)18-10-12-6-3-7-14(17)13(12)11-18/h3-4,6-9,15H,2,5,10-11,17H2,1H3. The van der Waals surface area contributed by atoms with Crippen molar-refractivity contribution in [3.63, 3.8) is 0 Å². The molecule has 1 atom stereocenters. The number of nitrogens with zero attached hydrogens (tertiary/aromatic N) is 1. The van der Waals surface area contributed by atoms with Gasteiger partial charge in [0.25, 0.3) is 0 Å². The van der Waals surface area contributed by atoms with Crippen LogP contribution in [-0.2, 0) is 13.1 Å². The molecule has 2 heterocycles. The molecule has 1 aromatic heterocycles. The van der Waals surface area contributed by atoms with E-state index < -0.39 is 0 Å². The monoisotopic (exact) mass is 272 g/mol. The van der Waals surface area contributed by atoms with Gasteiger partial charge in [-0.05, 0) is 35.1 Å². The molecule has 19 heavy (non-hydrogen) atoms. The lowest BCUT2D eigenvalue weighted by atomic mass is 10.1. The zero-order valence-corrected chi connectivity index (χ0v) is 12.1. The van der Waals surface area contributed by atoms with Crippen LogP contribution in [0.4, 0.5) is 5.69 Å². The van der Waals surface area contributed by atoms with Gasteiger partial charge in [0.1, 0.15) is 0 Å². The molecule has 2 N–H and O–H groups in total. The van der Waals surface area contributed by atoms with Gasteiger partial charge in [-0.15, -0.1) is 11.3 Å². The van der Waals surface area contributed by atoms with Crippen molar-refractivity contribution in [1.29, 1.82) is 0 Å². The van der Waals surface area contributed by atoms with Gasteiger partial charge in [0.15, 0.2) is 0 Å². The molecule has 1 unspecified atom stereocenters. The zero-order chi connectivity index (χ0) is 13.2. The highest BCUT2D eigenvalue weighted by Crippen LogP contribution is 2.37. The Morgan fingerprint density at radius 2 is 2.16 bits per heavy atom. The van der Waals surface area contributed by atoms with E-state index >= 15 is 0 Å². The predicted molar refractivity (Wildman–Crippen MR) is 82.1 cm³/mol. The highest BCUT2D eigenvalue weighted by atomic mass is 32.1. The second-order valence-electron chi connectivity index (χ2n) is 5.21. The fourth-order valence-electron chi connectivity index (χ4n) is 2.95. The third-order valence-corrected chi connectivity index (χ3v) is 4.89. The van der Waals surface area contributed by atoms with Gasteiger partial charge < -0.3 is 5.73 Å². The van der Waals surface area contributed by atoms with Crippen LogP contribution < -0.4 is 5.73 Å². The Morgan fingerprint density at radius 3 is 2.84 bits per heavy atom. The lowest BCUT2D eigenvalue weighted by Crippen LogP contribution is -2.22. The molecule has 0 saturated heterocycles. The largest absolute Gasteiger partial charge is 0.398 e. The average Bonchev–Trinajstić information content (AvgIpc) is 3.05. The van der Waals surface area contributed by atoms with Crippen LogP contribution in [0, 0.1) is 0 Å². The van der Waals surface area contributed by atoms with Crippen LogP contribution in [0.2, 0.25) is 0 Å². The van der Waals surface area contributed by atoms with Gasteiger partial charge in [0.2, 0.25) is 0 Å². The molecule has 2 aromatic rings. The summed E-state index contributed by atoms with van der Waals surface area (Å²) in [6.45, 7) is 4.28. The predicted octanol–water partition coefficient (Wildman–Crippen LogP) is 4.19. The first kappa shape index (κ1) is 12.7. The van der Waals surface area contributed by atoms with Gasteiger partial charge in [0, 0.05) is 29.7 Å². The molecule has 2 nitrogen and oxygen atoms in total. The Bertz CT molecular complexity index is 548. The summed E-state index contributed by atoms with van der Waals surface area (Å²) in [7, 11) is 0. The van der Waals surface area contributed by atoms with Crippen molar-refractivity contribution in [2.24, 2.45) is 0 Å². The first-order valence-corrected chi connectivity index (χ1v) is 7.81. The van der Waals surface area contributed by atoms with Crippen molar-refractivity contribution in [2.45, 2.75) is 38.9 Å². The molecule has 0 radical (unpaired) electrons. The maximum Gasteiger partial charge on any atom is 0.0448 e. The number of benzene rings is 1. The summed E-state index contributed by atoms with van der Waals surface area (Å²) >= 11 is 1.87. The van der Waals surface area contributed by atoms with Crippen LogP contribution >= 0.6 is 11.3 Å². The third kappa shape index (κ3) is 2.40. The van der Waals surface area contributed by atoms with Crippen molar-refractivity contribution in [1.82, 2.24) is 4.90 Å². The maximum absolute atomic E-state index is 6.10. The zero-order valence-electron chi connectivity index (χ0n) is 11.3. The number of hydrogen-bond donors (Lipinski definition) is 1. The summed E-state index contributed by atoms with van der Waals surface area (Å²) in [5.41, 5.74) is 9.78. The summed E-state index contributed by atoms with van der Waals surface area (Å²) in [6, 6.07) is 11.2. The van der Waals surface area contributed by atoms with Gasteiger partial charge in [-0.1, -0.05) is 31.5 Å². The number of nitrogen functional groups attached to an aromatic ring is 1. The fourth-order valence-corrected chi connectivity index (χ4v) is 3.85. The smallest absolute Gasteiger partial charge is 0.0448 e. The molecule has 0 spiro atoms. The lowest BCUT2D eigenvalue weighted by molar-refractivity contribution is 0.192. The number of rotatable bonds is 4. The molecule has 0 bridgehead atoms. The average molecular weight is 272 g/mol. The first-order chi connectivity index (χ1) is 9.29. The van der Waals surface area contributed by atoms with Crippen molar-refractivity contribution < 1.29 is 0 Å². The summed E-state index contributed by atoms with van der Waals surface area (Å²) in [6.07, 6.45) is 2.43. The lowest BCUT2D eigenvalue weighted by Gasteiger charge is -2.26. The van der Waals surface area contributed by atoms with Gasteiger partial charge in [-0.25, -0.2) is 0 Å². The molecule has 3 heteroatoms. The van der Waals surface area contributed by atoms with Crippen LogP contribution in [0.15, 0.2) is 35.7 Å². The topological polar surface area (TPSA) is 29.3 Å². The number of fused-ring (bicyclic) bond motifs is 1. The van der Waals surface area contributed by atoms with Crippen molar-refractivity contribution >= 4 is 17.0 Å². The summed E-state index contributed by atoms with van der Waals surface area (Å²) in [5, 5.41) is 2.18. The Morgan fingerprint density at radius 1 is 1.26 bits per heavy atom. The van der Waals surface area contributed by atoms with E-state index in [1.54, 1.807) is 0 Å². The van der Waals surface area contributed by atoms with Gasteiger partial charge >= 0.3 is 0 Å². The minimum absolute atomic E-state index is 0.539. The molecule has 100 valence electrons. The van der Waals surface area contributed by atoms with Gasteiger partial charge in [-0.3, -0.25) is 4.90 Å². The molecular formula is C16H20N2S. The van der Waals surface area contributed by atoms with E-state index in [4.69, 9.17) is 5.73 Å². The summed E-state index contributed by atoms with van der Waals surface area (Å²) in [4.78, 5) is 4.05. The van der Waals surface area contributed by atoms with E-state index in [-0.39, 0.29) is 0 Å². The molecule has 3 rings (SSSR count). The van der Waals surface area contributed by atoms with Crippen LogP contribution in [-0.4, -0.2) is 4.90 Å². The van der Waals surface area contributed by atoms with E-state index in [1.807, 2.05) is 17.4 Å². The van der Waals surface area contributed by atoms with Crippen molar-refractivity contribution in [3.8, 4) is 0 Å². The van der Waals surface area contributed by atoms with Crippen molar-refractivity contribution in [3.05, 3.63) is 51.7 Å². The Hall–Kier alpha value is -1.32. The van der Waals surface area contributed by atoms with E-state index in [0.717, 1.165) is 18.8 Å². The Balaban J connectivity index is 1.85. The Labute approximate surface area is 118 Å². The normalized spacial score (nSPS) is 16.5. The molecule has 1 aliphatic heterocycles. The second kappa shape index (κ2) is 5.35. The second-order valence-corrected chi connectivity index (χ2v) is 6.19. The minimum atomic E-state index is 0.539. The van der Waals surface area contributed by atoms with E-state index in [0.29, 0.717) is 6.04 Å². The Kier molecular flexibility index (Phi) is 3.58. The minimum Gasteiger partial charge on any atom is -0.398 e. The van der Waals surface area contributed by atoms with E-state index in [9.17, 15) is 0 Å². The number of nitrogens with two attached hydrogens (primary N) is 1. The summed E-state index contributed by atoms with van der Waals surface area (Å²) in [5.74, 6) is 0. The maximum atomic E-state index is 6.10. The molecule has 0 fully saturated rings. The van der Waals surface area contributed by atoms with Gasteiger partial charge in [-0.2, -0.15) is 0 Å². The fraction of sp³-hybridized carbons (Fsp3) is 0.375. The summed E-state index contributed by atoms with van der Waals surface area (Å²) < 4.78 is 0. The highest BCUT2D eigenvalue weighted by Gasteiger charge is 2.27. The third-order valence-electron chi connectivity index (χ3n) is 3.92. The molecular weight excluding hydrogens is 252 g/mol. The molecule has 0 amide bonds. The molecule has 1 aromatic carbocycles. The van der Waals surface area contributed by atoms with Crippen LogP contribution in [0.5, 0.6) is 0 Å². The number of thiophene rings is 1. The van der Waals surface area contributed by atoms with Crippen LogP contribution in [0.1, 0.15) is 41.8 Å². The SMILES string of the molecule is CCCC(c1cccs1)N1Cc2cccc(N)c2C1. The number of anilines is 1.